The molecule has 4 nitrogen and oxygen atoms in total. The van der Waals surface area contributed by atoms with Crippen LogP contribution in [-0.4, -0.2) is 66.8 Å². The van der Waals surface area contributed by atoms with Gasteiger partial charge in [0.25, 0.3) is 0 Å². The molecule has 0 aromatic heterocycles. The fourth-order valence-electron chi connectivity index (χ4n) is 2.54. The zero-order chi connectivity index (χ0) is 12.1. The van der Waals surface area contributed by atoms with Gasteiger partial charge in [-0.05, 0) is 26.9 Å². The van der Waals surface area contributed by atoms with Crippen LogP contribution in [0.1, 0.15) is 26.2 Å². The van der Waals surface area contributed by atoms with Crippen LogP contribution in [0.3, 0.4) is 0 Å². The van der Waals surface area contributed by atoms with Gasteiger partial charge in [-0.1, -0.05) is 13.3 Å². The van der Waals surface area contributed by atoms with Crippen LogP contribution in [0.15, 0.2) is 0 Å². The molecule has 16 heavy (non-hydrogen) atoms. The molecule has 3 unspecified atom stereocenters. The third-order valence-electron chi connectivity index (χ3n) is 3.70. The quantitative estimate of drug-likeness (QED) is 0.679. The summed E-state index contributed by atoms with van der Waals surface area (Å²) in [5.74, 6) is 0. The first-order valence-corrected chi connectivity index (χ1v) is 6.37. The Hall–Kier alpha value is -0.160. The van der Waals surface area contributed by atoms with Crippen molar-refractivity contribution in [3.8, 4) is 0 Å². The molecule has 0 aliphatic carbocycles. The maximum atomic E-state index is 9.47. The molecule has 4 heteroatoms. The average Bonchev–Trinajstić information content (AvgIpc) is 2.68. The van der Waals surface area contributed by atoms with Crippen LogP contribution < -0.4 is 5.73 Å². The van der Waals surface area contributed by atoms with E-state index in [0.717, 1.165) is 25.9 Å². The molecule has 0 aromatic carbocycles. The largest absolute Gasteiger partial charge is 0.395 e. The minimum absolute atomic E-state index is 0.107. The third-order valence-corrected chi connectivity index (χ3v) is 3.70. The third kappa shape index (κ3) is 3.42. The Balaban J connectivity index is 2.49. The van der Waals surface area contributed by atoms with E-state index < -0.39 is 0 Å². The van der Waals surface area contributed by atoms with Gasteiger partial charge < -0.3 is 15.7 Å². The van der Waals surface area contributed by atoms with Gasteiger partial charge >= 0.3 is 0 Å². The number of hydrogen-bond acceptors (Lipinski definition) is 4. The second-order valence-corrected chi connectivity index (χ2v) is 5.10. The molecule has 1 heterocycles. The number of rotatable bonds is 6. The molecule has 0 spiro atoms. The monoisotopic (exact) mass is 229 g/mol. The molecule has 0 bridgehead atoms. The van der Waals surface area contributed by atoms with Gasteiger partial charge in [-0.2, -0.15) is 0 Å². The first-order valence-electron chi connectivity index (χ1n) is 6.37. The van der Waals surface area contributed by atoms with Crippen LogP contribution in [0.25, 0.3) is 0 Å². The van der Waals surface area contributed by atoms with Crippen LogP contribution in [0.5, 0.6) is 0 Å². The summed E-state index contributed by atoms with van der Waals surface area (Å²) in [5, 5.41) is 9.47. The van der Waals surface area contributed by atoms with E-state index in [9.17, 15) is 5.11 Å². The minimum Gasteiger partial charge on any atom is -0.395 e. The number of aliphatic hydroxyl groups excluding tert-OH is 1. The first-order chi connectivity index (χ1) is 7.60. The lowest BCUT2D eigenvalue weighted by Crippen LogP contribution is -2.50. The fourth-order valence-corrected chi connectivity index (χ4v) is 2.54. The lowest BCUT2D eigenvalue weighted by atomic mass is 10.0. The molecule has 96 valence electrons. The molecular formula is C12H27N3O. The van der Waals surface area contributed by atoms with E-state index >= 15 is 0 Å². The molecule has 1 aliphatic heterocycles. The molecule has 1 saturated heterocycles. The highest BCUT2D eigenvalue weighted by Crippen LogP contribution is 2.18. The molecule has 3 atom stereocenters. The van der Waals surface area contributed by atoms with E-state index in [1.54, 1.807) is 0 Å². The Morgan fingerprint density at radius 3 is 2.62 bits per heavy atom. The Bertz CT molecular complexity index is 199. The Kier molecular flexibility index (Phi) is 5.69. The van der Waals surface area contributed by atoms with Crippen LogP contribution >= 0.6 is 0 Å². The van der Waals surface area contributed by atoms with Gasteiger partial charge in [-0.3, -0.25) is 4.90 Å². The summed E-state index contributed by atoms with van der Waals surface area (Å²) >= 11 is 0. The molecule has 0 radical (unpaired) electrons. The highest BCUT2D eigenvalue weighted by Gasteiger charge is 2.31. The maximum Gasteiger partial charge on any atom is 0.0601 e. The van der Waals surface area contributed by atoms with Gasteiger partial charge in [0, 0.05) is 31.2 Å². The minimum atomic E-state index is 0.107. The predicted octanol–water partition coefficient (Wildman–Crippen LogP) is 0.111. The second-order valence-electron chi connectivity index (χ2n) is 5.10. The van der Waals surface area contributed by atoms with Crippen molar-refractivity contribution in [2.45, 2.75) is 44.3 Å². The summed E-state index contributed by atoms with van der Waals surface area (Å²) in [5.41, 5.74) is 6.13. The van der Waals surface area contributed by atoms with Crippen LogP contribution in [-0.2, 0) is 0 Å². The standard InChI is InChI=1S/C12H27N3O/c1-4-5-11(13)12(9-16)15-7-6-10(8-15)14(2)3/h10-12,16H,4-9,13H2,1-3H3. The number of likely N-dealkylation sites (tertiary alicyclic amines) is 1. The van der Waals surface area contributed by atoms with Crippen molar-refractivity contribution in [3.63, 3.8) is 0 Å². The second kappa shape index (κ2) is 6.55. The van der Waals surface area contributed by atoms with Gasteiger partial charge in [0.15, 0.2) is 0 Å². The molecule has 1 aliphatic rings. The van der Waals surface area contributed by atoms with Gasteiger partial charge in [0.2, 0.25) is 0 Å². The molecule has 3 N–H and O–H groups in total. The van der Waals surface area contributed by atoms with Crippen LogP contribution in [0.2, 0.25) is 0 Å². The summed E-state index contributed by atoms with van der Waals surface area (Å²) in [4.78, 5) is 4.62. The van der Waals surface area contributed by atoms with E-state index in [1.165, 1.54) is 6.42 Å². The number of nitrogens with zero attached hydrogens (tertiary/aromatic N) is 2. The Morgan fingerprint density at radius 2 is 2.19 bits per heavy atom. The normalized spacial score (nSPS) is 26.2. The van der Waals surface area contributed by atoms with Crippen molar-refractivity contribution in [1.29, 1.82) is 0 Å². The SMILES string of the molecule is CCCC(N)C(CO)N1CCC(N(C)C)C1. The molecule has 0 aromatic rings. The molecule has 0 saturated carbocycles. The zero-order valence-electron chi connectivity index (χ0n) is 10.9. The fraction of sp³-hybridized carbons (Fsp3) is 1.00. The molecule has 1 rings (SSSR count). The molecule has 0 amide bonds. The Morgan fingerprint density at radius 1 is 1.50 bits per heavy atom. The summed E-state index contributed by atoms with van der Waals surface area (Å²) < 4.78 is 0. The van der Waals surface area contributed by atoms with Crippen molar-refractivity contribution >= 4 is 0 Å². The smallest absolute Gasteiger partial charge is 0.0601 e. The average molecular weight is 229 g/mol. The van der Waals surface area contributed by atoms with E-state index in [1.807, 2.05) is 0 Å². The first kappa shape index (κ1) is 13.9. The summed E-state index contributed by atoms with van der Waals surface area (Å²) in [6.45, 7) is 4.42. The zero-order valence-corrected chi connectivity index (χ0v) is 10.9. The van der Waals surface area contributed by atoms with Crippen LogP contribution in [0.4, 0.5) is 0 Å². The van der Waals surface area contributed by atoms with E-state index in [4.69, 9.17) is 5.73 Å². The topological polar surface area (TPSA) is 52.7 Å². The lowest BCUT2D eigenvalue weighted by molar-refractivity contribution is 0.115. The molecular weight excluding hydrogens is 202 g/mol. The van der Waals surface area contributed by atoms with Crippen molar-refractivity contribution in [2.75, 3.05) is 33.8 Å². The van der Waals surface area contributed by atoms with Crippen molar-refractivity contribution in [1.82, 2.24) is 9.80 Å². The lowest BCUT2D eigenvalue weighted by Gasteiger charge is -2.31. The summed E-state index contributed by atoms with van der Waals surface area (Å²) in [6.07, 6.45) is 3.26. The van der Waals surface area contributed by atoms with Gasteiger partial charge in [-0.15, -0.1) is 0 Å². The highest BCUT2D eigenvalue weighted by molar-refractivity contribution is 4.89. The number of likely N-dealkylation sites (N-methyl/N-ethyl adjacent to an activating group) is 1. The van der Waals surface area contributed by atoms with Gasteiger partial charge in [0.05, 0.1) is 6.61 Å². The van der Waals surface area contributed by atoms with Crippen LogP contribution in [0, 0.1) is 0 Å². The Labute approximate surface area is 99.4 Å². The van der Waals surface area contributed by atoms with E-state index in [-0.39, 0.29) is 18.7 Å². The van der Waals surface area contributed by atoms with Crippen molar-refractivity contribution in [2.24, 2.45) is 5.73 Å². The molecule has 1 fully saturated rings. The van der Waals surface area contributed by atoms with Gasteiger partial charge in [-0.25, -0.2) is 0 Å². The van der Waals surface area contributed by atoms with E-state index in [2.05, 4.69) is 30.8 Å². The van der Waals surface area contributed by atoms with Crippen molar-refractivity contribution < 1.29 is 5.11 Å². The van der Waals surface area contributed by atoms with Crippen molar-refractivity contribution in [3.05, 3.63) is 0 Å². The summed E-state index contributed by atoms with van der Waals surface area (Å²) in [6, 6.07) is 0.865. The summed E-state index contributed by atoms with van der Waals surface area (Å²) in [7, 11) is 4.24. The maximum absolute atomic E-state index is 9.47. The highest BCUT2D eigenvalue weighted by atomic mass is 16.3. The number of aliphatic hydroxyl groups is 1. The number of hydrogen-bond donors (Lipinski definition) is 2. The predicted molar refractivity (Wildman–Crippen MR) is 67.4 cm³/mol. The van der Waals surface area contributed by atoms with E-state index in [0.29, 0.717) is 6.04 Å². The number of nitrogens with two attached hydrogens (primary N) is 1. The van der Waals surface area contributed by atoms with Gasteiger partial charge in [0.1, 0.15) is 0 Å².